The third-order valence-corrected chi connectivity index (χ3v) is 5.27. The third-order valence-electron chi connectivity index (χ3n) is 3.41. The van der Waals surface area contributed by atoms with Gasteiger partial charge in [0, 0.05) is 33.2 Å². The second-order valence-corrected chi connectivity index (χ2v) is 7.69. The molecule has 0 spiro atoms. The lowest BCUT2D eigenvalue weighted by atomic mass is 10.2. The van der Waals surface area contributed by atoms with Gasteiger partial charge in [-0.15, -0.1) is 24.0 Å². The molecule has 0 aliphatic rings. The Bertz CT molecular complexity index is 402. The summed E-state index contributed by atoms with van der Waals surface area (Å²) in [6.07, 6.45) is 5.62. The van der Waals surface area contributed by atoms with Crippen LogP contribution in [0.1, 0.15) is 52.9 Å². The summed E-state index contributed by atoms with van der Waals surface area (Å²) in [6.45, 7) is 8.78. The first kappa shape index (κ1) is 25.2. The van der Waals surface area contributed by atoms with Crippen LogP contribution in [0.4, 0.5) is 0 Å². The van der Waals surface area contributed by atoms with E-state index in [-0.39, 0.29) is 29.7 Å². The van der Waals surface area contributed by atoms with Gasteiger partial charge >= 0.3 is 0 Å². The van der Waals surface area contributed by atoms with Crippen molar-refractivity contribution in [3.05, 3.63) is 0 Å². The van der Waals surface area contributed by atoms with Crippen LogP contribution in [0.25, 0.3) is 0 Å². The molecule has 23 heavy (non-hydrogen) atoms. The summed E-state index contributed by atoms with van der Waals surface area (Å²) in [5.41, 5.74) is 0. The number of sulfonamides is 1. The van der Waals surface area contributed by atoms with E-state index in [0.29, 0.717) is 13.1 Å². The van der Waals surface area contributed by atoms with Crippen molar-refractivity contribution in [2.24, 2.45) is 4.99 Å². The van der Waals surface area contributed by atoms with Crippen LogP contribution in [0.2, 0.25) is 0 Å². The summed E-state index contributed by atoms with van der Waals surface area (Å²) in [4.78, 5) is 4.48. The van der Waals surface area contributed by atoms with Crippen molar-refractivity contribution in [3.8, 4) is 0 Å². The summed E-state index contributed by atoms with van der Waals surface area (Å²) in [5.74, 6) is 0.967. The highest BCUT2D eigenvalue weighted by molar-refractivity contribution is 14.0. The normalized spacial score (nSPS) is 12.1. The maximum Gasteiger partial charge on any atom is 0.213 e. The van der Waals surface area contributed by atoms with E-state index >= 15 is 0 Å². The summed E-state index contributed by atoms with van der Waals surface area (Å²) >= 11 is 0. The Labute approximate surface area is 160 Å². The van der Waals surface area contributed by atoms with Gasteiger partial charge in [0.05, 0.1) is 5.75 Å². The molecule has 0 amide bonds. The molecule has 0 bridgehead atoms. The van der Waals surface area contributed by atoms with E-state index in [1.54, 1.807) is 14.0 Å². The average Bonchev–Trinajstić information content (AvgIpc) is 2.50. The molecule has 0 aromatic heterocycles. The van der Waals surface area contributed by atoms with Gasteiger partial charge in [0.25, 0.3) is 0 Å². The van der Waals surface area contributed by atoms with Crippen molar-refractivity contribution in [3.63, 3.8) is 0 Å². The monoisotopic (exact) mass is 462 g/mol. The molecule has 0 aliphatic heterocycles. The van der Waals surface area contributed by atoms with E-state index in [1.165, 1.54) is 23.6 Å². The molecule has 0 aromatic carbocycles. The minimum Gasteiger partial charge on any atom is -0.357 e. The number of nitrogens with one attached hydrogen (secondary N) is 2. The van der Waals surface area contributed by atoms with Crippen molar-refractivity contribution >= 4 is 40.0 Å². The number of rotatable bonds is 12. The number of guanidine groups is 1. The van der Waals surface area contributed by atoms with E-state index in [2.05, 4.69) is 22.5 Å². The molecule has 0 rings (SSSR count). The third kappa shape index (κ3) is 12.9. The van der Waals surface area contributed by atoms with Gasteiger partial charge in [0.1, 0.15) is 0 Å². The van der Waals surface area contributed by atoms with E-state index in [0.717, 1.165) is 31.9 Å². The number of unbranched alkanes of at least 4 members (excludes halogenated alkanes) is 3. The first-order chi connectivity index (χ1) is 10.5. The largest absolute Gasteiger partial charge is 0.357 e. The highest BCUT2D eigenvalue weighted by atomic mass is 127. The van der Waals surface area contributed by atoms with Gasteiger partial charge in [-0.2, -0.15) is 0 Å². The van der Waals surface area contributed by atoms with Crippen LogP contribution in [0.5, 0.6) is 0 Å². The fraction of sp³-hybridized carbons (Fsp3) is 0.933. The van der Waals surface area contributed by atoms with Gasteiger partial charge in [-0.05, 0) is 26.7 Å². The highest BCUT2D eigenvalue weighted by Crippen LogP contribution is 1.99. The summed E-state index contributed by atoms with van der Waals surface area (Å²) in [7, 11) is -1.45. The lowest BCUT2D eigenvalue weighted by Crippen LogP contribution is -2.38. The first-order valence-corrected chi connectivity index (χ1v) is 10.0. The Morgan fingerprint density at radius 3 is 2.30 bits per heavy atom. The summed E-state index contributed by atoms with van der Waals surface area (Å²) < 4.78 is 24.7. The lowest BCUT2D eigenvalue weighted by Gasteiger charge is -2.15. The van der Waals surface area contributed by atoms with Gasteiger partial charge in [0.2, 0.25) is 10.0 Å². The molecule has 0 atom stereocenters. The predicted octanol–water partition coefficient (Wildman–Crippen LogP) is 2.41. The Balaban J connectivity index is 0. The summed E-state index contributed by atoms with van der Waals surface area (Å²) in [6, 6.07) is 0. The summed E-state index contributed by atoms with van der Waals surface area (Å²) in [5, 5.41) is 6.53. The number of hydrogen-bond donors (Lipinski definition) is 2. The average molecular weight is 462 g/mol. The molecule has 6 nitrogen and oxygen atoms in total. The fourth-order valence-electron chi connectivity index (χ4n) is 1.94. The number of halogens is 1. The molecular weight excluding hydrogens is 427 g/mol. The highest BCUT2D eigenvalue weighted by Gasteiger charge is 2.13. The standard InChI is InChI=1S/C15H34N4O2S.HI/c1-5-8-9-10-12-17-15(16-6-2)18-13-11-14-19(4)22(20,21)7-3;/h5-14H2,1-4H3,(H2,16,17,18);1H. The smallest absolute Gasteiger partial charge is 0.213 e. The minimum atomic E-state index is -3.08. The van der Waals surface area contributed by atoms with Crippen molar-refractivity contribution in [1.82, 2.24) is 14.9 Å². The molecule has 0 heterocycles. The molecule has 0 unspecified atom stereocenters. The van der Waals surface area contributed by atoms with E-state index < -0.39 is 10.0 Å². The molecule has 0 saturated heterocycles. The first-order valence-electron chi connectivity index (χ1n) is 8.44. The molecule has 8 heteroatoms. The molecule has 0 aromatic rings. The SMILES string of the molecule is CCCCCCNC(=NCCCN(C)S(=O)(=O)CC)NCC.I. The molecule has 2 N–H and O–H groups in total. The van der Waals surface area contributed by atoms with Crippen LogP contribution >= 0.6 is 24.0 Å². The Morgan fingerprint density at radius 1 is 1.04 bits per heavy atom. The zero-order valence-corrected chi connectivity index (χ0v) is 18.2. The van der Waals surface area contributed by atoms with Gasteiger partial charge in [-0.1, -0.05) is 26.2 Å². The van der Waals surface area contributed by atoms with E-state index in [4.69, 9.17) is 0 Å². The van der Waals surface area contributed by atoms with Crippen LogP contribution in [0, 0.1) is 0 Å². The van der Waals surface area contributed by atoms with Gasteiger partial charge in [0.15, 0.2) is 5.96 Å². The lowest BCUT2D eigenvalue weighted by molar-refractivity contribution is 0.464. The maximum absolute atomic E-state index is 11.6. The van der Waals surface area contributed by atoms with Crippen LogP contribution < -0.4 is 10.6 Å². The minimum absolute atomic E-state index is 0. The Kier molecular flexibility index (Phi) is 16.9. The fourth-order valence-corrected chi connectivity index (χ4v) is 2.79. The van der Waals surface area contributed by atoms with Crippen LogP contribution in [0.3, 0.4) is 0 Å². The molecule has 0 radical (unpaired) electrons. The van der Waals surface area contributed by atoms with Crippen molar-refractivity contribution in [2.75, 3.05) is 39.0 Å². The quantitative estimate of drug-likeness (QED) is 0.202. The topological polar surface area (TPSA) is 73.8 Å². The number of nitrogens with zero attached hydrogens (tertiary/aromatic N) is 2. The number of aliphatic imine (C=N–C) groups is 1. The Morgan fingerprint density at radius 2 is 1.74 bits per heavy atom. The van der Waals surface area contributed by atoms with Gasteiger partial charge in [-0.25, -0.2) is 12.7 Å². The van der Waals surface area contributed by atoms with Crippen LogP contribution in [-0.4, -0.2) is 57.7 Å². The van der Waals surface area contributed by atoms with Crippen molar-refractivity contribution in [1.29, 1.82) is 0 Å². The molecule has 0 aliphatic carbocycles. The molecule has 0 fully saturated rings. The van der Waals surface area contributed by atoms with E-state index in [9.17, 15) is 8.42 Å². The van der Waals surface area contributed by atoms with Gasteiger partial charge in [-0.3, -0.25) is 4.99 Å². The number of hydrogen-bond acceptors (Lipinski definition) is 3. The van der Waals surface area contributed by atoms with E-state index in [1.807, 2.05) is 6.92 Å². The predicted molar refractivity (Wildman–Crippen MR) is 110 cm³/mol. The van der Waals surface area contributed by atoms with Crippen molar-refractivity contribution < 1.29 is 8.42 Å². The Hall–Kier alpha value is -0.0900. The molecule has 140 valence electrons. The molecule has 0 saturated carbocycles. The zero-order chi connectivity index (χ0) is 16.8. The zero-order valence-electron chi connectivity index (χ0n) is 15.1. The maximum atomic E-state index is 11.6. The van der Waals surface area contributed by atoms with Crippen LogP contribution in [-0.2, 0) is 10.0 Å². The van der Waals surface area contributed by atoms with Crippen LogP contribution in [0.15, 0.2) is 4.99 Å². The van der Waals surface area contributed by atoms with Gasteiger partial charge < -0.3 is 10.6 Å². The second-order valence-electron chi connectivity index (χ2n) is 5.32. The van der Waals surface area contributed by atoms with Crippen molar-refractivity contribution in [2.45, 2.75) is 52.9 Å². The second kappa shape index (κ2) is 15.4. The molecular formula is C15H35IN4O2S.